The number of rotatable bonds is 9. The average molecular weight is 331 g/mol. The van der Waals surface area contributed by atoms with Gasteiger partial charge in [-0.05, 0) is 67.1 Å². The van der Waals surface area contributed by atoms with Crippen LogP contribution in [0.1, 0.15) is 18.9 Å². The van der Waals surface area contributed by atoms with Crippen LogP contribution >= 0.6 is 15.9 Å². The zero-order chi connectivity index (χ0) is 14.1. The van der Waals surface area contributed by atoms with E-state index in [1.54, 1.807) is 7.11 Å². The summed E-state index contributed by atoms with van der Waals surface area (Å²) in [6, 6.07) is 4.08. The van der Waals surface area contributed by atoms with Crippen LogP contribution in [0.5, 0.6) is 11.5 Å². The number of benzene rings is 1. The maximum Gasteiger partial charge on any atom is 0.175 e. The van der Waals surface area contributed by atoms with Gasteiger partial charge in [-0.25, -0.2) is 0 Å². The molecule has 0 fully saturated rings. The van der Waals surface area contributed by atoms with Crippen LogP contribution in [-0.2, 0) is 6.54 Å². The van der Waals surface area contributed by atoms with E-state index in [0.29, 0.717) is 6.61 Å². The van der Waals surface area contributed by atoms with Gasteiger partial charge in [0.2, 0.25) is 0 Å². The third-order valence-corrected chi connectivity index (χ3v) is 3.28. The molecule has 0 atom stereocenters. The fourth-order valence-electron chi connectivity index (χ4n) is 1.78. The van der Waals surface area contributed by atoms with Gasteiger partial charge in [0.15, 0.2) is 11.5 Å². The van der Waals surface area contributed by atoms with Gasteiger partial charge in [-0.3, -0.25) is 0 Å². The number of hydrogen-bond acceptors (Lipinski definition) is 4. The van der Waals surface area contributed by atoms with Crippen LogP contribution in [0.4, 0.5) is 0 Å². The van der Waals surface area contributed by atoms with Crippen LogP contribution in [0.15, 0.2) is 16.6 Å². The Kier molecular flexibility index (Phi) is 7.86. The van der Waals surface area contributed by atoms with Crippen LogP contribution in [0, 0.1) is 0 Å². The van der Waals surface area contributed by atoms with Crippen molar-refractivity contribution in [3.63, 3.8) is 0 Å². The Hall–Kier alpha value is -0.780. The summed E-state index contributed by atoms with van der Waals surface area (Å²) in [6.07, 6.45) is 1.12. The second kappa shape index (κ2) is 9.18. The Bertz CT molecular complexity index is 386. The molecule has 0 amide bonds. The number of nitrogens with one attached hydrogen (secondary N) is 2. The first-order chi connectivity index (χ1) is 9.22. The summed E-state index contributed by atoms with van der Waals surface area (Å²) in [5, 5.41) is 6.54. The molecule has 4 nitrogen and oxygen atoms in total. The van der Waals surface area contributed by atoms with Crippen molar-refractivity contribution in [2.45, 2.75) is 19.9 Å². The Balaban J connectivity index is 2.62. The van der Waals surface area contributed by atoms with Crippen LogP contribution in [-0.4, -0.2) is 33.9 Å². The van der Waals surface area contributed by atoms with E-state index < -0.39 is 0 Å². The lowest BCUT2D eigenvalue weighted by Gasteiger charge is -2.13. The van der Waals surface area contributed by atoms with Crippen LogP contribution in [0.3, 0.4) is 0 Å². The van der Waals surface area contributed by atoms with E-state index in [2.05, 4.69) is 32.6 Å². The summed E-state index contributed by atoms with van der Waals surface area (Å²) in [4.78, 5) is 0. The van der Waals surface area contributed by atoms with Crippen molar-refractivity contribution in [1.29, 1.82) is 0 Å². The van der Waals surface area contributed by atoms with Gasteiger partial charge in [0.05, 0.1) is 18.2 Å². The van der Waals surface area contributed by atoms with E-state index in [9.17, 15) is 0 Å². The molecule has 0 saturated heterocycles. The van der Waals surface area contributed by atoms with Crippen molar-refractivity contribution in [1.82, 2.24) is 10.6 Å². The van der Waals surface area contributed by atoms with E-state index in [-0.39, 0.29) is 0 Å². The van der Waals surface area contributed by atoms with Crippen LogP contribution in [0.25, 0.3) is 0 Å². The first-order valence-electron chi connectivity index (χ1n) is 6.57. The third kappa shape index (κ3) is 5.38. The first kappa shape index (κ1) is 16.3. The van der Waals surface area contributed by atoms with Crippen LogP contribution < -0.4 is 20.1 Å². The second-order valence-electron chi connectivity index (χ2n) is 4.18. The summed E-state index contributed by atoms with van der Waals surface area (Å²) in [6.45, 7) is 5.43. The largest absolute Gasteiger partial charge is 0.493 e. The van der Waals surface area contributed by atoms with Gasteiger partial charge in [-0.2, -0.15) is 0 Å². The van der Waals surface area contributed by atoms with Crippen molar-refractivity contribution in [3.8, 4) is 11.5 Å². The molecule has 0 aliphatic carbocycles. The highest BCUT2D eigenvalue weighted by Gasteiger charge is 2.10. The van der Waals surface area contributed by atoms with Crippen molar-refractivity contribution in [2.24, 2.45) is 0 Å². The van der Waals surface area contributed by atoms with Crippen molar-refractivity contribution < 1.29 is 9.47 Å². The fourth-order valence-corrected chi connectivity index (χ4v) is 2.39. The Morgan fingerprint density at radius 2 is 2.05 bits per heavy atom. The quantitative estimate of drug-likeness (QED) is 0.683. The van der Waals surface area contributed by atoms with E-state index in [4.69, 9.17) is 9.47 Å². The molecule has 0 aliphatic heterocycles. The molecule has 2 N–H and O–H groups in total. The second-order valence-corrected chi connectivity index (χ2v) is 5.03. The average Bonchev–Trinajstić information content (AvgIpc) is 2.41. The topological polar surface area (TPSA) is 42.5 Å². The zero-order valence-electron chi connectivity index (χ0n) is 11.9. The number of ether oxygens (including phenoxy) is 2. The Labute approximate surface area is 124 Å². The molecule has 0 heterocycles. The van der Waals surface area contributed by atoms with Crippen molar-refractivity contribution in [3.05, 3.63) is 22.2 Å². The molecule has 0 bridgehead atoms. The minimum Gasteiger partial charge on any atom is -0.493 e. The van der Waals surface area contributed by atoms with Gasteiger partial charge in [0.1, 0.15) is 0 Å². The lowest BCUT2D eigenvalue weighted by Crippen LogP contribution is -2.19. The van der Waals surface area contributed by atoms with Crippen LogP contribution in [0.2, 0.25) is 0 Å². The predicted molar refractivity (Wildman–Crippen MR) is 82.1 cm³/mol. The molecule has 1 aromatic carbocycles. The molecule has 1 aromatic rings. The van der Waals surface area contributed by atoms with Gasteiger partial charge in [0.25, 0.3) is 0 Å². The molecule has 0 unspecified atom stereocenters. The standard InChI is InChI=1S/C14H23BrN2O2/c1-4-19-14-12(15)8-11(9-13(14)18-3)10-17-7-5-6-16-2/h8-9,16-17H,4-7,10H2,1-3H3. The minimum atomic E-state index is 0.622. The Morgan fingerprint density at radius 3 is 2.68 bits per heavy atom. The van der Waals surface area contributed by atoms with E-state index in [1.807, 2.05) is 20.0 Å². The van der Waals surface area contributed by atoms with E-state index in [0.717, 1.165) is 42.0 Å². The highest BCUT2D eigenvalue weighted by atomic mass is 79.9. The molecule has 0 aromatic heterocycles. The van der Waals surface area contributed by atoms with Gasteiger partial charge >= 0.3 is 0 Å². The van der Waals surface area contributed by atoms with Crippen molar-refractivity contribution in [2.75, 3.05) is 33.9 Å². The molecule has 19 heavy (non-hydrogen) atoms. The van der Waals surface area contributed by atoms with Gasteiger partial charge in [-0.1, -0.05) is 0 Å². The lowest BCUT2D eigenvalue weighted by molar-refractivity contribution is 0.308. The van der Waals surface area contributed by atoms with Gasteiger partial charge in [0, 0.05) is 6.54 Å². The third-order valence-electron chi connectivity index (χ3n) is 2.69. The highest BCUT2D eigenvalue weighted by molar-refractivity contribution is 9.10. The fraction of sp³-hybridized carbons (Fsp3) is 0.571. The summed E-state index contributed by atoms with van der Waals surface area (Å²) in [5.41, 5.74) is 1.18. The summed E-state index contributed by atoms with van der Waals surface area (Å²) < 4.78 is 11.9. The molecular formula is C14H23BrN2O2. The lowest BCUT2D eigenvalue weighted by atomic mass is 10.2. The van der Waals surface area contributed by atoms with E-state index >= 15 is 0 Å². The maximum absolute atomic E-state index is 5.57. The highest BCUT2D eigenvalue weighted by Crippen LogP contribution is 2.36. The minimum absolute atomic E-state index is 0.622. The maximum atomic E-state index is 5.57. The molecule has 1 rings (SSSR count). The smallest absolute Gasteiger partial charge is 0.175 e. The predicted octanol–water partition coefficient (Wildman–Crippen LogP) is 2.56. The molecule has 108 valence electrons. The summed E-state index contributed by atoms with van der Waals surface area (Å²) in [5.74, 6) is 1.53. The molecule has 0 spiro atoms. The number of hydrogen-bond donors (Lipinski definition) is 2. The summed E-state index contributed by atoms with van der Waals surface area (Å²) in [7, 11) is 3.63. The monoisotopic (exact) mass is 330 g/mol. The molecule has 0 saturated carbocycles. The van der Waals surface area contributed by atoms with Gasteiger partial charge in [-0.15, -0.1) is 0 Å². The normalized spacial score (nSPS) is 10.5. The molecular weight excluding hydrogens is 308 g/mol. The molecule has 5 heteroatoms. The van der Waals surface area contributed by atoms with Crippen molar-refractivity contribution >= 4 is 15.9 Å². The number of halogens is 1. The molecule has 0 aliphatic rings. The molecule has 0 radical (unpaired) electrons. The Morgan fingerprint density at radius 1 is 1.26 bits per heavy atom. The van der Waals surface area contributed by atoms with Gasteiger partial charge < -0.3 is 20.1 Å². The summed E-state index contributed by atoms with van der Waals surface area (Å²) >= 11 is 3.53. The first-order valence-corrected chi connectivity index (χ1v) is 7.36. The zero-order valence-corrected chi connectivity index (χ0v) is 13.5. The number of methoxy groups -OCH3 is 1. The van der Waals surface area contributed by atoms with E-state index in [1.165, 1.54) is 5.56 Å². The SMILES string of the molecule is CCOc1c(Br)cc(CNCCCNC)cc1OC.